The summed E-state index contributed by atoms with van der Waals surface area (Å²) < 4.78 is 6.48. The number of rotatable bonds is 4. The summed E-state index contributed by atoms with van der Waals surface area (Å²) in [5.41, 5.74) is 2.40. The maximum absolute atomic E-state index is 5.46. The molecule has 2 nitrogen and oxygen atoms in total. The first-order valence-electron chi connectivity index (χ1n) is 6.01. The highest BCUT2D eigenvalue weighted by Gasteiger charge is 2.21. The maximum Gasteiger partial charge on any atom is 0.124 e. The lowest BCUT2D eigenvalue weighted by Crippen LogP contribution is -2.04. The van der Waals surface area contributed by atoms with E-state index in [4.69, 9.17) is 4.74 Å². The second-order valence-corrected chi connectivity index (χ2v) is 6.26. The highest BCUT2D eigenvalue weighted by Crippen LogP contribution is 2.42. The van der Waals surface area contributed by atoms with Gasteiger partial charge in [0, 0.05) is 27.3 Å². The molecule has 0 bridgehead atoms. The topological polar surface area (TPSA) is 22.1 Å². The van der Waals surface area contributed by atoms with Crippen LogP contribution in [0.3, 0.4) is 0 Å². The van der Waals surface area contributed by atoms with Crippen LogP contribution in [-0.4, -0.2) is 12.1 Å². The summed E-state index contributed by atoms with van der Waals surface area (Å²) in [6.45, 7) is 2.19. The Kier molecular flexibility index (Phi) is 4.99. The fraction of sp³-hybridized carbons (Fsp3) is 0.267. The smallest absolute Gasteiger partial charge is 0.124 e. The largest absolute Gasteiger partial charge is 0.496 e. The van der Waals surface area contributed by atoms with E-state index in [2.05, 4.69) is 49.8 Å². The zero-order chi connectivity index (χ0) is 13.8. The summed E-state index contributed by atoms with van der Waals surface area (Å²) in [5, 5.41) is 0. The van der Waals surface area contributed by atoms with Crippen LogP contribution >= 0.6 is 31.9 Å². The Labute approximate surface area is 130 Å². The van der Waals surface area contributed by atoms with E-state index in [1.165, 1.54) is 5.56 Å². The predicted octanol–water partition coefficient (Wildman–Crippen LogP) is 5.09. The van der Waals surface area contributed by atoms with Gasteiger partial charge in [-0.3, -0.25) is 4.98 Å². The number of benzene rings is 1. The number of nitrogens with zero attached hydrogens (tertiary/aromatic N) is 1. The SMILES string of the molecule is COc1cc(Br)ccc1C(Br)C(C)c1ccncc1. The van der Waals surface area contributed by atoms with Gasteiger partial charge in [-0.25, -0.2) is 0 Å². The molecular formula is C15H15Br2NO. The predicted molar refractivity (Wildman–Crippen MR) is 85.0 cm³/mol. The average Bonchev–Trinajstić information content (AvgIpc) is 2.46. The molecule has 0 amide bonds. The standard InChI is InChI=1S/C15H15Br2NO/c1-10(11-5-7-18-8-6-11)15(17)13-4-3-12(16)9-14(13)19-2/h3-10,15H,1-2H3. The second kappa shape index (κ2) is 6.53. The van der Waals surface area contributed by atoms with Crippen LogP contribution in [0.4, 0.5) is 0 Å². The van der Waals surface area contributed by atoms with Crippen LogP contribution in [0.25, 0.3) is 0 Å². The zero-order valence-corrected chi connectivity index (χ0v) is 14.0. The molecule has 2 rings (SSSR count). The molecule has 0 fully saturated rings. The third kappa shape index (κ3) is 3.37. The number of halogens is 2. The zero-order valence-electron chi connectivity index (χ0n) is 10.8. The molecule has 100 valence electrons. The lowest BCUT2D eigenvalue weighted by molar-refractivity contribution is 0.408. The Morgan fingerprint density at radius 2 is 1.84 bits per heavy atom. The van der Waals surface area contributed by atoms with E-state index in [-0.39, 0.29) is 4.83 Å². The number of aromatic nitrogens is 1. The van der Waals surface area contributed by atoms with Crippen molar-refractivity contribution in [2.75, 3.05) is 7.11 Å². The summed E-state index contributed by atoms with van der Waals surface area (Å²) in [4.78, 5) is 4.25. The van der Waals surface area contributed by atoms with E-state index in [0.717, 1.165) is 15.8 Å². The molecule has 0 spiro atoms. The van der Waals surface area contributed by atoms with E-state index in [1.807, 2.05) is 36.7 Å². The van der Waals surface area contributed by atoms with E-state index < -0.39 is 0 Å². The van der Waals surface area contributed by atoms with E-state index in [0.29, 0.717) is 5.92 Å². The summed E-state index contributed by atoms with van der Waals surface area (Å²) in [7, 11) is 1.70. The first-order chi connectivity index (χ1) is 9.13. The molecular weight excluding hydrogens is 370 g/mol. The molecule has 0 N–H and O–H groups in total. The third-order valence-corrected chi connectivity index (χ3v) is 4.94. The van der Waals surface area contributed by atoms with E-state index in [9.17, 15) is 0 Å². The van der Waals surface area contributed by atoms with Crippen LogP contribution in [0.5, 0.6) is 5.75 Å². The number of alkyl halides is 1. The van der Waals surface area contributed by atoms with Crippen molar-refractivity contribution in [1.82, 2.24) is 4.98 Å². The normalized spacial score (nSPS) is 13.9. The molecule has 1 aromatic heterocycles. The fourth-order valence-electron chi connectivity index (χ4n) is 2.02. The van der Waals surface area contributed by atoms with Gasteiger partial charge in [0.15, 0.2) is 0 Å². The lowest BCUT2D eigenvalue weighted by atomic mass is 9.94. The van der Waals surface area contributed by atoms with Crippen molar-refractivity contribution in [1.29, 1.82) is 0 Å². The first-order valence-corrected chi connectivity index (χ1v) is 7.71. The van der Waals surface area contributed by atoms with Crippen molar-refractivity contribution in [3.05, 3.63) is 58.3 Å². The molecule has 2 unspecified atom stereocenters. The fourth-order valence-corrected chi connectivity index (χ4v) is 3.04. The van der Waals surface area contributed by atoms with Crippen LogP contribution in [0.1, 0.15) is 28.8 Å². The van der Waals surface area contributed by atoms with Gasteiger partial charge >= 0.3 is 0 Å². The van der Waals surface area contributed by atoms with Crippen molar-refractivity contribution in [2.24, 2.45) is 0 Å². The monoisotopic (exact) mass is 383 g/mol. The number of methoxy groups -OCH3 is 1. The van der Waals surface area contributed by atoms with Gasteiger partial charge in [-0.2, -0.15) is 0 Å². The Bertz CT molecular complexity index is 545. The summed E-state index contributed by atoms with van der Waals surface area (Å²) in [6.07, 6.45) is 3.65. The number of pyridine rings is 1. The Morgan fingerprint density at radius 1 is 1.16 bits per heavy atom. The Morgan fingerprint density at radius 3 is 2.47 bits per heavy atom. The van der Waals surface area contributed by atoms with Gasteiger partial charge in [0.1, 0.15) is 5.75 Å². The number of hydrogen-bond donors (Lipinski definition) is 0. The van der Waals surface area contributed by atoms with Gasteiger partial charge in [-0.15, -0.1) is 0 Å². The minimum atomic E-state index is 0.193. The van der Waals surface area contributed by atoms with Gasteiger partial charge in [-0.1, -0.05) is 44.8 Å². The quantitative estimate of drug-likeness (QED) is 0.684. The molecule has 2 atom stereocenters. The van der Waals surface area contributed by atoms with Gasteiger partial charge in [0.05, 0.1) is 7.11 Å². The molecule has 2 aromatic rings. The van der Waals surface area contributed by atoms with Gasteiger partial charge in [0.2, 0.25) is 0 Å². The van der Waals surface area contributed by atoms with Crippen molar-refractivity contribution < 1.29 is 4.74 Å². The van der Waals surface area contributed by atoms with Crippen LogP contribution in [0, 0.1) is 0 Å². The van der Waals surface area contributed by atoms with Crippen LogP contribution in [-0.2, 0) is 0 Å². The summed E-state index contributed by atoms with van der Waals surface area (Å²) in [5.74, 6) is 1.22. The molecule has 0 aliphatic carbocycles. The summed E-state index contributed by atoms with van der Waals surface area (Å²) in [6, 6.07) is 10.2. The van der Waals surface area contributed by atoms with Crippen molar-refractivity contribution in [3.8, 4) is 5.75 Å². The molecule has 0 aliphatic heterocycles. The van der Waals surface area contributed by atoms with E-state index in [1.54, 1.807) is 7.11 Å². The highest BCUT2D eigenvalue weighted by atomic mass is 79.9. The van der Waals surface area contributed by atoms with Crippen molar-refractivity contribution in [3.63, 3.8) is 0 Å². The molecule has 0 saturated carbocycles. The number of hydrogen-bond acceptors (Lipinski definition) is 2. The average molecular weight is 385 g/mol. The molecule has 19 heavy (non-hydrogen) atoms. The molecule has 0 radical (unpaired) electrons. The third-order valence-electron chi connectivity index (χ3n) is 3.16. The highest BCUT2D eigenvalue weighted by molar-refractivity contribution is 9.10. The molecule has 0 saturated heterocycles. The van der Waals surface area contributed by atoms with Gasteiger partial charge in [0.25, 0.3) is 0 Å². The van der Waals surface area contributed by atoms with Crippen molar-refractivity contribution in [2.45, 2.75) is 17.7 Å². The Balaban J connectivity index is 2.31. The minimum absolute atomic E-state index is 0.193. The lowest BCUT2D eigenvalue weighted by Gasteiger charge is -2.21. The van der Waals surface area contributed by atoms with Crippen molar-refractivity contribution >= 4 is 31.9 Å². The maximum atomic E-state index is 5.46. The van der Waals surface area contributed by atoms with Crippen LogP contribution in [0.15, 0.2) is 47.2 Å². The van der Waals surface area contributed by atoms with Crippen LogP contribution in [0.2, 0.25) is 0 Å². The number of ether oxygens (including phenoxy) is 1. The molecule has 1 aromatic carbocycles. The second-order valence-electron chi connectivity index (χ2n) is 4.36. The molecule has 1 heterocycles. The van der Waals surface area contributed by atoms with Gasteiger partial charge < -0.3 is 4.74 Å². The molecule has 4 heteroatoms. The van der Waals surface area contributed by atoms with E-state index >= 15 is 0 Å². The van der Waals surface area contributed by atoms with Crippen LogP contribution < -0.4 is 4.74 Å². The summed E-state index contributed by atoms with van der Waals surface area (Å²) >= 11 is 7.25. The Hall–Kier alpha value is -0.870. The first kappa shape index (κ1) is 14.5. The minimum Gasteiger partial charge on any atom is -0.496 e. The molecule has 0 aliphatic rings. The van der Waals surface area contributed by atoms with Gasteiger partial charge in [-0.05, 0) is 35.7 Å².